The van der Waals surface area contributed by atoms with E-state index in [1.807, 2.05) is 66.7 Å². The summed E-state index contributed by atoms with van der Waals surface area (Å²) in [5.74, 6) is 1.25. The lowest BCUT2D eigenvalue weighted by molar-refractivity contribution is -0.126. The maximum absolute atomic E-state index is 12.5. The number of para-hydroxylation sites is 1. The van der Waals surface area contributed by atoms with E-state index >= 15 is 0 Å². The first-order valence-electron chi connectivity index (χ1n) is 9.38. The highest BCUT2D eigenvalue weighted by Crippen LogP contribution is 2.26. The molecule has 5 heteroatoms. The largest absolute Gasteiger partial charge is 0.492 e. The molecule has 1 N–H and O–H groups in total. The van der Waals surface area contributed by atoms with Crippen molar-refractivity contribution in [3.63, 3.8) is 0 Å². The number of aromatic nitrogens is 1. The molecule has 2 heterocycles. The zero-order chi connectivity index (χ0) is 19.2. The second-order valence-electron chi connectivity index (χ2n) is 6.81. The first kappa shape index (κ1) is 18.0. The van der Waals surface area contributed by atoms with E-state index in [2.05, 4.69) is 10.3 Å². The molecule has 1 aliphatic heterocycles. The molecular weight excluding hydrogens is 352 g/mol. The van der Waals surface area contributed by atoms with Crippen LogP contribution in [0.15, 0.2) is 72.9 Å². The van der Waals surface area contributed by atoms with Crippen molar-refractivity contribution in [2.45, 2.75) is 19.6 Å². The predicted octanol–water partition coefficient (Wildman–Crippen LogP) is 3.53. The molecule has 28 heavy (non-hydrogen) atoms. The Morgan fingerprint density at radius 1 is 1.07 bits per heavy atom. The first-order valence-corrected chi connectivity index (χ1v) is 9.38. The minimum absolute atomic E-state index is 0.00179. The zero-order valence-electron chi connectivity index (χ0n) is 15.5. The molecule has 1 atom stereocenters. The normalized spacial score (nSPS) is 15.2. The zero-order valence-corrected chi connectivity index (χ0v) is 15.5. The van der Waals surface area contributed by atoms with Crippen molar-refractivity contribution in [3.05, 3.63) is 89.6 Å². The summed E-state index contributed by atoms with van der Waals surface area (Å²) in [6, 6.07) is 21.5. The van der Waals surface area contributed by atoms with Gasteiger partial charge in [0.15, 0.2) is 0 Å². The van der Waals surface area contributed by atoms with Gasteiger partial charge in [0.1, 0.15) is 19.0 Å². The Labute approximate surface area is 164 Å². The minimum atomic E-state index is -0.175. The molecule has 0 unspecified atom stereocenters. The van der Waals surface area contributed by atoms with E-state index in [0.29, 0.717) is 32.1 Å². The van der Waals surface area contributed by atoms with Crippen molar-refractivity contribution in [1.82, 2.24) is 10.3 Å². The average molecular weight is 374 g/mol. The lowest BCUT2D eigenvalue weighted by atomic mass is 9.96. The van der Waals surface area contributed by atoms with Crippen molar-refractivity contribution in [3.8, 4) is 11.6 Å². The molecule has 0 fully saturated rings. The predicted molar refractivity (Wildman–Crippen MR) is 106 cm³/mol. The summed E-state index contributed by atoms with van der Waals surface area (Å²) in [7, 11) is 0. The highest BCUT2D eigenvalue weighted by Gasteiger charge is 2.25. The summed E-state index contributed by atoms with van der Waals surface area (Å²) in [6.07, 6.45) is 2.39. The van der Waals surface area contributed by atoms with E-state index in [-0.39, 0.29) is 11.8 Å². The van der Waals surface area contributed by atoms with Gasteiger partial charge in [-0.3, -0.25) is 4.79 Å². The number of rotatable bonds is 6. The van der Waals surface area contributed by atoms with Crippen molar-refractivity contribution in [1.29, 1.82) is 0 Å². The smallest absolute Gasteiger partial charge is 0.227 e. The van der Waals surface area contributed by atoms with Gasteiger partial charge in [-0.2, -0.15) is 0 Å². The molecule has 0 bridgehead atoms. The number of hydrogen-bond acceptors (Lipinski definition) is 4. The van der Waals surface area contributed by atoms with Crippen LogP contribution in [0.2, 0.25) is 0 Å². The number of hydrogen-bond donors (Lipinski definition) is 1. The third-order valence-corrected chi connectivity index (χ3v) is 4.75. The number of carbonyl (C=O) groups excluding carboxylic acids is 1. The van der Waals surface area contributed by atoms with Crippen LogP contribution in [-0.2, 0) is 24.4 Å². The van der Waals surface area contributed by atoms with Crippen molar-refractivity contribution < 1.29 is 14.3 Å². The molecule has 142 valence electrons. The average Bonchev–Trinajstić information content (AvgIpc) is 2.77. The monoisotopic (exact) mass is 374 g/mol. The number of fused-ring (bicyclic) bond motifs is 1. The van der Waals surface area contributed by atoms with Gasteiger partial charge < -0.3 is 14.8 Å². The Hall–Kier alpha value is -3.34. The Bertz CT molecular complexity index is 943. The van der Waals surface area contributed by atoms with Gasteiger partial charge in [0.25, 0.3) is 0 Å². The minimum Gasteiger partial charge on any atom is -0.492 e. The molecule has 5 nitrogen and oxygen atoms in total. The maximum Gasteiger partial charge on any atom is 0.227 e. The fourth-order valence-corrected chi connectivity index (χ4v) is 3.20. The van der Waals surface area contributed by atoms with E-state index in [1.165, 1.54) is 0 Å². The summed E-state index contributed by atoms with van der Waals surface area (Å²) < 4.78 is 11.5. The van der Waals surface area contributed by atoms with Crippen molar-refractivity contribution in [2.24, 2.45) is 5.92 Å². The second-order valence-corrected chi connectivity index (χ2v) is 6.81. The number of benzene rings is 2. The summed E-state index contributed by atoms with van der Waals surface area (Å²) in [5, 5.41) is 3.00. The van der Waals surface area contributed by atoms with Crippen LogP contribution in [0.5, 0.6) is 11.6 Å². The standard InChI is InChI=1S/C23H22N2O3/c26-23(20-13-19-8-4-5-9-21(19)27-16-20)25-14-18-10-11-24-22(12-18)28-15-17-6-2-1-3-7-17/h1-12,20H,13-16H2,(H,25,26)/t20-/m1/s1. The molecule has 1 amide bonds. The van der Waals surface area contributed by atoms with Crippen LogP contribution in [0.4, 0.5) is 0 Å². The molecule has 2 aromatic carbocycles. The van der Waals surface area contributed by atoms with E-state index in [1.54, 1.807) is 6.20 Å². The summed E-state index contributed by atoms with van der Waals surface area (Å²) in [6.45, 7) is 1.30. The third-order valence-electron chi connectivity index (χ3n) is 4.75. The fraction of sp³-hybridized carbons (Fsp3) is 0.217. The van der Waals surface area contributed by atoms with Crippen LogP contribution >= 0.6 is 0 Å². The van der Waals surface area contributed by atoms with Crippen LogP contribution in [0, 0.1) is 5.92 Å². The lowest BCUT2D eigenvalue weighted by Crippen LogP contribution is -2.37. The van der Waals surface area contributed by atoms with Crippen LogP contribution in [0.25, 0.3) is 0 Å². The highest BCUT2D eigenvalue weighted by atomic mass is 16.5. The number of amides is 1. The molecular formula is C23H22N2O3. The Morgan fingerprint density at radius 2 is 1.89 bits per heavy atom. The molecule has 4 rings (SSSR count). The molecule has 0 radical (unpaired) electrons. The molecule has 0 aliphatic carbocycles. The van der Waals surface area contributed by atoms with Gasteiger partial charge >= 0.3 is 0 Å². The quantitative estimate of drug-likeness (QED) is 0.717. The second kappa shape index (κ2) is 8.57. The number of pyridine rings is 1. The van der Waals surface area contributed by atoms with Gasteiger partial charge in [-0.15, -0.1) is 0 Å². The topological polar surface area (TPSA) is 60.5 Å². The first-order chi connectivity index (χ1) is 13.8. The number of ether oxygens (including phenoxy) is 2. The molecule has 1 aliphatic rings. The highest BCUT2D eigenvalue weighted by molar-refractivity contribution is 5.79. The molecule has 0 spiro atoms. The van der Waals surface area contributed by atoms with Gasteiger partial charge in [0.2, 0.25) is 11.8 Å². The van der Waals surface area contributed by atoms with Gasteiger partial charge in [-0.1, -0.05) is 48.5 Å². The van der Waals surface area contributed by atoms with Crippen LogP contribution in [0.1, 0.15) is 16.7 Å². The van der Waals surface area contributed by atoms with Gasteiger partial charge in [0, 0.05) is 18.8 Å². The van der Waals surface area contributed by atoms with Crippen LogP contribution < -0.4 is 14.8 Å². The molecule has 3 aromatic rings. The van der Waals surface area contributed by atoms with Crippen molar-refractivity contribution >= 4 is 5.91 Å². The fourth-order valence-electron chi connectivity index (χ4n) is 3.20. The van der Waals surface area contributed by atoms with Gasteiger partial charge in [-0.05, 0) is 35.2 Å². The number of nitrogens with zero attached hydrogens (tertiary/aromatic N) is 1. The third kappa shape index (κ3) is 4.49. The summed E-state index contributed by atoms with van der Waals surface area (Å²) >= 11 is 0. The molecule has 0 saturated carbocycles. The number of carbonyl (C=O) groups is 1. The van der Waals surface area contributed by atoms with E-state index in [9.17, 15) is 4.79 Å². The molecule has 1 aromatic heterocycles. The van der Waals surface area contributed by atoms with Crippen LogP contribution in [0.3, 0.4) is 0 Å². The maximum atomic E-state index is 12.5. The van der Waals surface area contributed by atoms with E-state index in [4.69, 9.17) is 9.47 Å². The van der Waals surface area contributed by atoms with Crippen LogP contribution in [-0.4, -0.2) is 17.5 Å². The van der Waals surface area contributed by atoms with Gasteiger partial charge in [-0.25, -0.2) is 4.98 Å². The SMILES string of the molecule is O=C(NCc1ccnc(OCc2ccccc2)c1)[C@H]1COc2ccccc2C1. The Balaban J connectivity index is 1.30. The lowest BCUT2D eigenvalue weighted by Gasteiger charge is -2.24. The van der Waals surface area contributed by atoms with E-state index in [0.717, 1.165) is 22.4 Å². The Kier molecular flexibility index (Phi) is 5.52. The van der Waals surface area contributed by atoms with E-state index < -0.39 is 0 Å². The summed E-state index contributed by atoms with van der Waals surface area (Å²) in [4.78, 5) is 16.8. The molecule has 0 saturated heterocycles. The Morgan fingerprint density at radius 3 is 2.79 bits per heavy atom. The van der Waals surface area contributed by atoms with Crippen molar-refractivity contribution in [2.75, 3.05) is 6.61 Å². The summed E-state index contributed by atoms with van der Waals surface area (Å²) in [5.41, 5.74) is 3.11. The van der Waals surface area contributed by atoms with Gasteiger partial charge in [0.05, 0.1) is 5.92 Å². The number of nitrogens with one attached hydrogen (secondary N) is 1.